The summed E-state index contributed by atoms with van der Waals surface area (Å²) in [6.45, 7) is 0. The number of hydrogen-bond acceptors (Lipinski definition) is 5. The fourth-order valence-corrected chi connectivity index (χ4v) is 3.24. The van der Waals surface area contributed by atoms with E-state index in [0.29, 0.717) is 5.75 Å². The minimum atomic E-state index is 0.127. The number of carbonyl (C=O) groups excluding carboxylic acids is 1. The van der Waals surface area contributed by atoms with Gasteiger partial charge in [-0.1, -0.05) is 18.2 Å². The molecule has 0 saturated heterocycles. The maximum Gasteiger partial charge on any atom is 0.227 e. The third kappa shape index (κ3) is 3.88. The topological polar surface area (TPSA) is 72.7 Å². The molecule has 4 rings (SSSR count). The summed E-state index contributed by atoms with van der Waals surface area (Å²) in [4.78, 5) is 12.9. The van der Waals surface area contributed by atoms with Crippen LogP contribution in [0.3, 0.4) is 0 Å². The highest BCUT2D eigenvalue weighted by atomic mass is 32.2. The zero-order valence-electron chi connectivity index (χ0n) is 13.5. The number of anilines is 1. The lowest BCUT2D eigenvalue weighted by Gasteiger charge is -2.06. The van der Waals surface area contributed by atoms with Crippen molar-refractivity contribution in [3.8, 4) is 5.69 Å². The van der Waals surface area contributed by atoms with Gasteiger partial charge in [-0.15, -0.1) is 16.9 Å². The maximum absolute atomic E-state index is 11.8. The Morgan fingerprint density at radius 2 is 1.88 bits per heavy atom. The molecule has 7 heteroatoms. The molecule has 2 aromatic carbocycles. The van der Waals surface area contributed by atoms with E-state index in [1.807, 2.05) is 54.6 Å². The van der Waals surface area contributed by atoms with Crippen molar-refractivity contribution in [2.45, 2.75) is 23.5 Å². The number of carbonyl (C=O) groups is 1. The molecule has 1 heterocycles. The quantitative estimate of drug-likeness (QED) is 0.690. The van der Waals surface area contributed by atoms with E-state index < -0.39 is 0 Å². The van der Waals surface area contributed by atoms with Crippen LogP contribution in [0.4, 0.5) is 5.69 Å². The number of thioether (sulfide) groups is 1. The molecule has 0 atom stereocenters. The van der Waals surface area contributed by atoms with Gasteiger partial charge in [0.05, 0.1) is 11.4 Å². The summed E-state index contributed by atoms with van der Waals surface area (Å²) in [6.07, 6.45) is 2.02. The number of hydrogen-bond donors (Lipinski definition) is 1. The smallest absolute Gasteiger partial charge is 0.227 e. The third-order valence-corrected chi connectivity index (χ3v) is 4.98. The molecule has 1 fully saturated rings. The van der Waals surface area contributed by atoms with Crippen LogP contribution in [-0.2, 0) is 10.5 Å². The minimum absolute atomic E-state index is 0.127. The first-order valence-corrected chi connectivity index (χ1v) is 9.14. The van der Waals surface area contributed by atoms with Gasteiger partial charge in [-0.2, -0.15) is 4.68 Å². The van der Waals surface area contributed by atoms with Gasteiger partial charge in [0.2, 0.25) is 5.91 Å². The Hall–Kier alpha value is -2.67. The molecular weight excluding hydrogens is 334 g/mol. The summed E-state index contributed by atoms with van der Waals surface area (Å²) in [7, 11) is 0. The van der Waals surface area contributed by atoms with E-state index >= 15 is 0 Å². The first-order chi connectivity index (χ1) is 12.3. The van der Waals surface area contributed by atoms with Crippen LogP contribution in [0.5, 0.6) is 0 Å². The molecule has 1 aliphatic rings. The van der Waals surface area contributed by atoms with Crippen molar-refractivity contribution in [2.24, 2.45) is 5.92 Å². The molecule has 1 amide bonds. The van der Waals surface area contributed by atoms with Gasteiger partial charge >= 0.3 is 0 Å². The summed E-state index contributed by atoms with van der Waals surface area (Å²) in [6, 6.07) is 17.7. The molecule has 1 aromatic heterocycles. The largest absolute Gasteiger partial charge is 0.326 e. The molecule has 1 N–H and O–H groups in total. The predicted molar refractivity (Wildman–Crippen MR) is 96.5 cm³/mol. The van der Waals surface area contributed by atoms with E-state index in [4.69, 9.17) is 0 Å². The Bertz CT molecular complexity index is 859. The van der Waals surface area contributed by atoms with Gasteiger partial charge in [-0.3, -0.25) is 4.79 Å². The highest BCUT2D eigenvalue weighted by Gasteiger charge is 2.29. The number of nitrogens with one attached hydrogen (secondary N) is 1. The van der Waals surface area contributed by atoms with Gasteiger partial charge in [-0.25, -0.2) is 0 Å². The van der Waals surface area contributed by atoms with Crippen molar-refractivity contribution >= 4 is 23.4 Å². The van der Waals surface area contributed by atoms with Crippen molar-refractivity contribution in [1.29, 1.82) is 0 Å². The van der Waals surface area contributed by atoms with Gasteiger partial charge in [-0.05, 0) is 59.7 Å². The molecule has 25 heavy (non-hydrogen) atoms. The molecule has 0 radical (unpaired) electrons. The van der Waals surface area contributed by atoms with Crippen LogP contribution in [-0.4, -0.2) is 26.1 Å². The second kappa shape index (κ2) is 7.06. The Morgan fingerprint density at radius 3 is 2.60 bits per heavy atom. The molecule has 0 spiro atoms. The fraction of sp³-hybridized carbons (Fsp3) is 0.222. The van der Waals surface area contributed by atoms with Crippen LogP contribution >= 0.6 is 11.8 Å². The number of nitrogens with zero attached hydrogens (tertiary/aromatic N) is 4. The Labute approximate surface area is 149 Å². The average Bonchev–Trinajstić information content (AvgIpc) is 3.40. The van der Waals surface area contributed by atoms with E-state index in [0.717, 1.165) is 34.9 Å². The standard InChI is InChI=1S/C18H17N5OS/c24-18(13-6-7-13)19-14-8-10-16(11-9-14)25-12-17-20-21-22-23(17)15-4-2-1-3-5-15/h1-5,8-11,13H,6-7,12H2,(H,19,24). The van der Waals surface area contributed by atoms with Gasteiger partial charge in [0.15, 0.2) is 5.82 Å². The normalized spacial score (nSPS) is 13.6. The lowest BCUT2D eigenvalue weighted by molar-refractivity contribution is -0.117. The lowest BCUT2D eigenvalue weighted by Crippen LogP contribution is -2.12. The summed E-state index contributed by atoms with van der Waals surface area (Å²) in [5.41, 5.74) is 1.79. The highest BCUT2D eigenvalue weighted by molar-refractivity contribution is 7.98. The van der Waals surface area contributed by atoms with Gasteiger partial charge < -0.3 is 5.32 Å². The van der Waals surface area contributed by atoms with Gasteiger partial charge in [0.1, 0.15) is 0 Å². The second-order valence-electron chi connectivity index (χ2n) is 5.92. The summed E-state index contributed by atoms with van der Waals surface area (Å²) in [5.74, 6) is 1.80. The zero-order chi connectivity index (χ0) is 17.1. The van der Waals surface area contributed by atoms with E-state index in [1.54, 1.807) is 16.4 Å². The molecule has 0 bridgehead atoms. The first-order valence-electron chi connectivity index (χ1n) is 8.16. The minimum Gasteiger partial charge on any atom is -0.326 e. The van der Waals surface area contributed by atoms with Crippen molar-refractivity contribution in [3.05, 3.63) is 60.4 Å². The van der Waals surface area contributed by atoms with Gasteiger partial charge in [0.25, 0.3) is 0 Å². The summed E-state index contributed by atoms with van der Waals surface area (Å²) in [5, 5.41) is 14.9. The van der Waals surface area contributed by atoms with Crippen LogP contribution in [0.25, 0.3) is 5.69 Å². The van der Waals surface area contributed by atoms with Crippen LogP contribution in [0.15, 0.2) is 59.5 Å². The van der Waals surface area contributed by atoms with Crippen molar-refractivity contribution in [1.82, 2.24) is 20.2 Å². The van der Waals surface area contributed by atoms with E-state index in [2.05, 4.69) is 20.8 Å². The first kappa shape index (κ1) is 15.8. The van der Waals surface area contributed by atoms with E-state index in [9.17, 15) is 4.79 Å². The van der Waals surface area contributed by atoms with Gasteiger partial charge in [0, 0.05) is 16.5 Å². The molecule has 1 aliphatic carbocycles. The Balaban J connectivity index is 1.39. The van der Waals surface area contributed by atoms with Crippen molar-refractivity contribution < 1.29 is 4.79 Å². The van der Waals surface area contributed by atoms with Crippen LogP contribution in [0.2, 0.25) is 0 Å². The Kier molecular flexibility index (Phi) is 4.47. The molecule has 3 aromatic rings. The number of benzene rings is 2. The number of amides is 1. The number of rotatable bonds is 6. The second-order valence-corrected chi connectivity index (χ2v) is 6.97. The number of aromatic nitrogens is 4. The lowest BCUT2D eigenvalue weighted by atomic mass is 10.3. The summed E-state index contributed by atoms with van der Waals surface area (Å²) < 4.78 is 1.75. The average molecular weight is 351 g/mol. The van der Waals surface area contributed by atoms with Crippen LogP contribution < -0.4 is 5.32 Å². The number of tetrazole rings is 1. The highest BCUT2D eigenvalue weighted by Crippen LogP contribution is 2.30. The fourth-order valence-electron chi connectivity index (χ4n) is 2.44. The molecule has 0 unspecified atom stereocenters. The van der Waals surface area contributed by atoms with Crippen LogP contribution in [0, 0.1) is 5.92 Å². The molecule has 0 aliphatic heterocycles. The van der Waals surface area contributed by atoms with Crippen molar-refractivity contribution in [3.63, 3.8) is 0 Å². The zero-order valence-corrected chi connectivity index (χ0v) is 14.3. The molecule has 126 valence electrons. The molecular formula is C18H17N5OS. The van der Waals surface area contributed by atoms with E-state index in [-0.39, 0.29) is 11.8 Å². The molecule has 1 saturated carbocycles. The van der Waals surface area contributed by atoms with Crippen LogP contribution in [0.1, 0.15) is 18.7 Å². The predicted octanol–water partition coefficient (Wildman–Crippen LogP) is 3.30. The Morgan fingerprint density at radius 1 is 1.12 bits per heavy atom. The molecule has 6 nitrogen and oxygen atoms in total. The monoisotopic (exact) mass is 351 g/mol. The number of para-hydroxylation sites is 1. The third-order valence-electron chi connectivity index (χ3n) is 3.97. The van der Waals surface area contributed by atoms with Crippen molar-refractivity contribution in [2.75, 3.05) is 5.32 Å². The summed E-state index contributed by atoms with van der Waals surface area (Å²) >= 11 is 1.66. The maximum atomic E-state index is 11.8. The van der Waals surface area contributed by atoms with E-state index in [1.165, 1.54) is 0 Å². The SMILES string of the molecule is O=C(Nc1ccc(SCc2nnnn2-c2ccccc2)cc1)C1CC1.